The summed E-state index contributed by atoms with van der Waals surface area (Å²) in [5.74, 6) is -6.77. The fourth-order valence-corrected chi connectivity index (χ4v) is 6.86. The van der Waals surface area contributed by atoms with Gasteiger partial charge in [0.2, 0.25) is 23.6 Å². The lowest BCUT2D eigenvalue weighted by molar-refractivity contribution is -0.140. The van der Waals surface area contributed by atoms with Gasteiger partial charge in [0.05, 0.1) is 75.9 Å². The van der Waals surface area contributed by atoms with Crippen molar-refractivity contribution in [3.8, 4) is 0 Å². The number of H-pyrrole nitrogens is 1. The zero-order valence-electron chi connectivity index (χ0n) is 33.3. The highest BCUT2D eigenvalue weighted by molar-refractivity contribution is 7.47. The maximum absolute atomic E-state index is 14.0. The third kappa shape index (κ3) is 16.9. The van der Waals surface area contributed by atoms with Gasteiger partial charge in [-0.2, -0.15) is 0 Å². The molecule has 57 heavy (non-hydrogen) atoms. The van der Waals surface area contributed by atoms with E-state index in [4.69, 9.17) is 24.5 Å². The summed E-state index contributed by atoms with van der Waals surface area (Å²) in [6.07, 6.45) is 1.79. The standard InChI is InChI=1S/C36H59N6O14P/c1-7-9-55-26-16-30(42(19-26)33(46)8-10-54-12-11-52-5)36(49)40-28(13-22(2)3)31(44)15-24(14-25-18-38-21-39-25)35(48)41-29(20-43)32(45)17-27(34(37)47)23(4)56-57(50,51)53-6/h7,18,21-24,26-30,43H,1,8-17,19-20H2,2-6H3,(H2,37,47)(H,38,39)(H,40,49)(H,41,48)(H,50,51)/t23-,24-,26+,27+,28+,29+,30+/m1/s1. The monoisotopic (exact) mass is 830 g/mol. The summed E-state index contributed by atoms with van der Waals surface area (Å²) in [6.45, 7) is 8.81. The molecule has 0 aliphatic carbocycles. The van der Waals surface area contributed by atoms with Crippen molar-refractivity contribution in [2.45, 2.75) is 89.6 Å². The van der Waals surface area contributed by atoms with E-state index in [2.05, 4.69) is 31.7 Å². The first-order chi connectivity index (χ1) is 27.0. The fourth-order valence-electron chi connectivity index (χ4n) is 6.21. The number of amides is 4. The number of nitrogens with two attached hydrogens (primary N) is 1. The molecule has 1 aliphatic rings. The van der Waals surface area contributed by atoms with Gasteiger partial charge in [-0.3, -0.25) is 37.8 Å². The lowest BCUT2D eigenvalue weighted by Gasteiger charge is -2.28. The first-order valence-electron chi connectivity index (χ1n) is 18.7. The molecule has 1 aromatic rings. The van der Waals surface area contributed by atoms with Crippen LogP contribution in [0.4, 0.5) is 0 Å². The van der Waals surface area contributed by atoms with Gasteiger partial charge in [0.25, 0.3) is 0 Å². The molecule has 322 valence electrons. The molecule has 1 aromatic heterocycles. The molecule has 0 radical (unpaired) electrons. The van der Waals surface area contributed by atoms with Gasteiger partial charge in [0.15, 0.2) is 11.6 Å². The Balaban J connectivity index is 2.27. The molecule has 0 aromatic carbocycles. The molecule has 0 bridgehead atoms. The Labute approximate surface area is 332 Å². The van der Waals surface area contributed by atoms with E-state index in [0.717, 1.165) is 7.11 Å². The normalized spacial score (nSPS) is 19.2. The molecule has 21 heteroatoms. The van der Waals surface area contributed by atoms with Crippen LogP contribution in [0, 0.1) is 17.8 Å². The molecular formula is C36H59N6O14P. The van der Waals surface area contributed by atoms with Crippen LogP contribution in [-0.4, -0.2) is 144 Å². The molecule has 0 spiro atoms. The predicted octanol–water partition coefficient (Wildman–Crippen LogP) is -0.0266. The molecular weight excluding hydrogens is 771 g/mol. The number of rotatable bonds is 29. The Hall–Kier alpha value is -3.88. The molecule has 8 atom stereocenters. The summed E-state index contributed by atoms with van der Waals surface area (Å²) in [7, 11) is -2.13. The summed E-state index contributed by atoms with van der Waals surface area (Å²) >= 11 is 0. The minimum Gasteiger partial charge on any atom is -0.394 e. The Morgan fingerprint density at radius 1 is 1.09 bits per heavy atom. The van der Waals surface area contributed by atoms with Gasteiger partial charge in [-0.05, 0) is 19.3 Å². The topological polar surface area (TPSA) is 288 Å². The van der Waals surface area contributed by atoms with E-state index in [1.54, 1.807) is 6.08 Å². The highest BCUT2D eigenvalue weighted by atomic mass is 31.2. The summed E-state index contributed by atoms with van der Waals surface area (Å²) in [4.78, 5) is 98.4. The molecule has 7 N–H and O–H groups in total. The van der Waals surface area contributed by atoms with E-state index < -0.39 is 98.7 Å². The van der Waals surface area contributed by atoms with Crippen LogP contribution in [0.1, 0.15) is 58.6 Å². The Morgan fingerprint density at radius 2 is 1.79 bits per heavy atom. The minimum absolute atomic E-state index is 0.00625. The number of likely N-dealkylation sites (tertiary alicyclic amines) is 1. The second kappa shape index (κ2) is 24.8. The number of carbonyl (C=O) groups excluding carboxylic acids is 6. The summed E-state index contributed by atoms with van der Waals surface area (Å²) in [5, 5.41) is 15.4. The highest BCUT2D eigenvalue weighted by Gasteiger charge is 2.42. The molecule has 1 unspecified atom stereocenters. The quantitative estimate of drug-likeness (QED) is 0.0351. The van der Waals surface area contributed by atoms with Crippen LogP contribution in [0.2, 0.25) is 0 Å². The van der Waals surface area contributed by atoms with Crippen molar-refractivity contribution in [2.24, 2.45) is 23.5 Å². The van der Waals surface area contributed by atoms with Crippen molar-refractivity contribution in [2.75, 3.05) is 53.8 Å². The maximum Gasteiger partial charge on any atom is 0.472 e. The number of phosphoric acid groups is 1. The van der Waals surface area contributed by atoms with Crippen LogP contribution in [0.15, 0.2) is 25.2 Å². The number of Topliss-reactive ketones (excluding diaryl/α,β-unsaturated/α-hetero) is 2. The summed E-state index contributed by atoms with van der Waals surface area (Å²) in [5.41, 5.74) is 5.91. The second-order valence-electron chi connectivity index (χ2n) is 14.1. The van der Waals surface area contributed by atoms with Gasteiger partial charge in [0, 0.05) is 58.3 Å². The van der Waals surface area contributed by atoms with E-state index in [1.807, 2.05) is 13.8 Å². The lowest BCUT2D eigenvalue weighted by atomic mass is 9.89. The summed E-state index contributed by atoms with van der Waals surface area (Å²) in [6, 6.07) is -3.59. The van der Waals surface area contributed by atoms with Crippen molar-refractivity contribution >= 4 is 43.0 Å². The number of hydrogen-bond acceptors (Lipinski definition) is 14. The van der Waals surface area contributed by atoms with E-state index in [1.165, 1.54) is 31.5 Å². The second-order valence-corrected chi connectivity index (χ2v) is 15.6. The number of carbonyl (C=O) groups is 6. The van der Waals surface area contributed by atoms with Gasteiger partial charge in [0.1, 0.15) is 12.1 Å². The van der Waals surface area contributed by atoms with Crippen molar-refractivity contribution in [3.63, 3.8) is 0 Å². The van der Waals surface area contributed by atoms with Crippen LogP contribution >= 0.6 is 7.82 Å². The SMILES string of the molecule is C=CCO[C@H]1C[C@@H](C(=O)N[C@@H](CC(C)C)C(=O)C[C@@H](Cc2cnc[nH]2)C(=O)N[C@@H](CO)C(=O)C[C@H](C(N)=O)[C@@H](C)OP(=O)(O)OC)N(C(=O)CCOCCOC)C1. The number of aromatic nitrogens is 2. The van der Waals surface area contributed by atoms with Crippen molar-refractivity contribution in [1.82, 2.24) is 25.5 Å². The largest absolute Gasteiger partial charge is 0.472 e. The van der Waals surface area contributed by atoms with Gasteiger partial charge in [-0.25, -0.2) is 9.55 Å². The van der Waals surface area contributed by atoms with E-state index in [0.29, 0.717) is 18.9 Å². The van der Waals surface area contributed by atoms with Gasteiger partial charge >= 0.3 is 7.82 Å². The number of aliphatic hydroxyl groups is 1. The molecule has 0 saturated carbocycles. The Bertz CT molecular complexity index is 1530. The number of ether oxygens (including phenoxy) is 3. The predicted molar refractivity (Wildman–Crippen MR) is 203 cm³/mol. The van der Waals surface area contributed by atoms with E-state index in [9.17, 15) is 43.3 Å². The first kappa shape index (κ1) is 49.3. The smallest absolute Gasteiger partial charge is 0.394 e. The summed E-state index contributed by atoms with van der Waals surface area (Å²) < 4.78 is 37.4. The first-order valence-corrected chi connectivity index (χ1v) is 20.1. The van der Waals surface area contributed by atoms with Crippen LogP contribution < -0.4 is 16.4 Å². The van der Waals surface area contributed by atoms with Crippen LogP contribution in [0.25, 0.3) is 0 Å². The third-order valence-electron chi connectivity index (χ3n) is 9.25. The van der Waals surface area contributed by atoms with Crippen molar-refractivity contribution < 1.29 is 66.6 Å². The maximum atomic E-state index is 14.0. The zero-order valence-corrected chi connectivity index (χ0v) is 34.2. The molecule has 1 fully saturated rings. The van der Waals surface area contributed by atoms with Crippen molar-refractivity contribution in [1.29, 1.82) is 0 Å². The number of phosphoric ester groups is 1. The fraction of sp³-hybridized carbons (Fsp3) is 0.694. The van der Waals surface area contributed by atoms with Crippen LogP contribution in [0.5, 0.6) is 0 Å². The molecule has 2 heterocycles. The number of hydrogen-bond donors (Lipinski definition) is 6. The number of ketones is 2. The molecule has 20 nitrogen and oxygen atoms in total. The van der Waals surface area contributed by atoms with Gasteiger partial charge in [-0.15, -0.1) is 6.58 Å². The highest BCUT2D eigenvalue weighted by Crippen LogP contribution is 2.44. The number of nitrogens with zero attached hydrogens (tertiary/aromatic N) is 2. The minimum atomic E-state index is -4.57. The van der Waals surface area contributed by atoms with Crippen molar-refractivity contribution in [3.05, 3.63) is 30.9 Å². The average Bonchev–Trinajstić information content (AvgIpc) is 3.84. The van der Waals surface area contributed by atoms with E-state index >= 15 is 0 Å². The molecule has 1 saturated heterocycles. The van der Waals surface area contributed by atoms with Crippen LogP contribution in [-0.2, 0) is 63.0 Å². The number of primary amides is 1. The number of methoxy groups -OCH3 is 1. The molecule has 4 amide bonds. The zero-order chi connectivity index (χ0) is 42.7. The number of imidazole rings is 1. The number of aromatic amines is 1. The number of nitrogens with one attached hydrogen (secondary N) is 3. The molecule has 1 aliphatic heterocycles. The Morgan fingerprint density at radius 3 is 2.37 bits per heavy atom. The van der Waals surface area contributed by atoms with Gasteiger partial charge < -0.3 is 50.5 Å². The third-order valence-corrected chi connectivity index (χ3v) is 10.3. The number of aliphatic hydroxyl groups excluding tert-OH is 1. The van der Waals surface area contributed by atoms with Gasteiger partial charge in [-0.1, -0.05) is 19.9 Å². The Kier molecular flexibility index (Phi) is 21.4. The lowest BCUT2D eigenvalue weighted by Crippen LogP contribution is -2.52. The molecule has 2 rings (SSSR count). The van der Waals surface area contributed by atoms with E-state index in [-0.39, 0.29) is 57.3 Å². The van der Waals surface area contributed by atoms with Crippen LogP contribution in [0.3, 0.4) is 0 Å². The average molecular weight is 831 g/mol.